The van der Waals surface area contributed by atoms with Crippen LogP contribution in [0.5, 0.6) is 0 Å². The number of aromatic nitrogens is 2. The molecule has 0 aliphatic carbocycles. The molecule has 7 heteroatoms. The van der Waals surface area contributed by atoms with Gasteiger partial charge >= 0.3 is 0 Å². The Kier molecular flexibility index (Phi) is 4.12. The molecule has 2 aromatic carbocycles. The second kappa shape index (κ2) is 5.85. The van der Waals surface area contributed by atoms with E-state index in [9.17, 15) is 0 Å². The van der Waals surface area contributed by atoms with E-state index in [4.69, 9.17) is 23.2 Å². The van der Waals surface area contributed by atoms with Gasteiger partial charge in [0.1, 0.15) is 11.0 Å². The fourth-order valence-electron chi connectivity index (χ4n) is 1.87. The van der Waals surface area contributed by atoms with Gasteiger partial charge < -0.3 is 5.32 Å². The van der Waals surface area contributed by atoms with Crippen LogP contribution in [0, 0.1) is 0 Å². The predicted molar refractivity (Wildman–Crippen MR) is 88.9 cm³/mol. The maximum absolute atomic E-state index is 6.25. The van der Waals surface area contributed by atoms with Gasteiger partial charge in [-0.1, -0.05) is 57.3 Å². The summed E-state index contributed by atoms with van der Waals surface area (Å²) in [6, 6.07) is 9.70. The maximum Gasteiger partial charge on any atom is 0.130 e. The van der Waals surface area contributed by atoms with Gasteiger partial charge in [-0.15, -0.1) is 0 Å². The summed E-state index contributed by atoms with van der Waals surface area (Å²) in [5.41, 5.74) is 3.28. The molecule has 0 unspecified atom stereocenters. The lowest BCUT2D eigenvalue weighted by molar-refractivity contribution is 1.14. The fraction of sp³-hybridized carbons (Fsp3) is 0.0769. The molecule has 0 amide bonds. The van der Waals surface area contributed by atoms with E-state index in [2.05, 4.69) is 30.0 Å². The summed E-state index contributed by atoms with van der Waals surface area (Å²) < 4.78 is 9.49. The highest BCUT2D eigenvalue weighted by Gasteiger charge is 2.14. The molecule has 0 fully saturated rings. The van der Waals surface area contributed by atoms with E-state index in [-0.39, 0.29) is 0 Å². The Bertz CT molecular complexity index is 775. The Morgan fingerprint density at radius 2 is 1.85 bits per heavy atom. The molecule has 3 rings (SSSR count). The Labute approximate surface area is 138 Å². The smallest absolute Gasteiger partial charge is 0.130 e. The quantitative estimate of drug-likeness (QED) is 0.655. The van der Waals surface area contributed by atoms with Crippen molar-refractivity contribution in [1.82, 2.24) is 8.75 Å². The fourth-order valence-corrected chi connectivity index (χ4v) is 3.47. The first-order valence-electron chi connectivity index (χ1n) is 5.74. The molecule has 0 radical (unpaired) electrons. The Hall–Kier alpha value is -0.880. The molecule has 102 valence electrons. The summed E-state index contributed by atoms with van der Waals surface area (Å²) in [6.45, 7) is 0.634. The van der Waals surface area contributed by atoms with Crippen LogP contribution in [-0.2, 0) is 6.54 Å². The molecule has 0 aliphatic heterocycles. The predicted octanol–water partition coefficient (Wildman–Crippen LogP) is 5.37. The van der Waals surface area contributed by atoms with Crippen LogP contribution in [0.4, 0.5) is 5.69 Å². The first-order valence-corrected chi connectivity index (χ1v) is 8.02. The third-order valence-corrected chi connectivity index (χ3v) is 4.75. The van der Waals surface area contributed by atoms with Crippen LogP contribution in [0.1, 0.15) is 5.56 Å². The maximum atomic E-state index is 6.25. The highest BCUT2D eigenvalue weighted by Crippen LogP contribution is 2.35. The van der Waals surface area contributed by atoms with E-state index in [1.54, 1.807) is 6.07 Å². The number of benzene rings is 2. The Morgan fingerprint density at radius 3 is 2.65 bits per heavy atom. The summed E-state index contributed by atoms with van der Waals surface area (Å²) in [5, 5.41) is 4.37. The molecular formula is C13H8BrCl2N3S. The largest absolute Gasteiger partial charge is 0.378 e. The number of nitrogens with one attached hydrogen (secondary N) is 1. The van der Waals surface area contributed by atoms with Gasteiger partial charge in [0, 0.05) is 11.0 Å². The van der Waals surface area contributed by atoms with Gasteiger partial charge in [-0.3, -0.25) is 0 Å². The number of rotatable bonds is 3. The number of fused-ring (bicyclic) bond motifs is 1. The molecule has 0 spiro atoms. The number of halogens is 3. The van der Waals surface area contributed by atoms with Crippen molar-refractivity contribution in [2.24, 2.45) is 0 Å². The molecule has 20 heavy (non-hydrogen) atoms. The lowest BCUT2D eigenvalue weighted by Crippen LogP contribution is -2.01. The average molecular weight is 389 g/mol. The third-order valence-electron chi connectivity index (χ3n) is 2.86. The van der Waals surface area contributed by atoms with Crippen LogP contribution in [0.15, 0.2) is 34.8 Å². The van der Waals surface area contributed by atoms with E-state index in [1.165, 1.54) is 0 Å². The van der Waals surface area contributed by atoms with Crippen LogP contribution in [-0.4, -0.2) is 8.75 Å². The van der Waals surface area contributed by atoms with Crippen molar-refractivity contribution in [1.29, 1.82) is 0 Å². The van der Waals surface area contributed by atoms with Crippen molar-refractivity contribution in [2.45, 2.75) is 6.54 Å². The summed E-state index contributed by atoms with van der Waals surface area (Å²) in [4.78, 5) is 0. The SMILES string of the molecule is Clc1cc(Cl)c2nsnc2c1NCc1ccccc1Br. The zero-order chi connectivity index (χ0) is 14.1. The van der Waals surface area contributed by atoms with Crippen LogP contribution in [0.25, 0.3) is 11.0 Å². The number of hydrogen-bond acceptors (Lipinski definition) is 4. The van der Waals surface area contributed by atoms with Gasteiger partial charge in [-0.05, 0) is 17.7 Å². The highest BCUT2D eigenvalue weighted by atomic mass is 79.9. The van der Waals surface area contributed by atoms with E-state index in [0.29, 0.717) is 27.6 Å². The molecule has 3 nitrogen and oxygen atoms in total. The molecular weight excluding hydrogens is 381 g/mol. The molecule has 0 aliphatic rings. The zero-order valence-corrected chi connectivity index (χ0v) is 13.9. The second-order valence-corrected chi connectivity index (χ2v) is 6.32. The van der Waals surface area contributed by atoms with Crippen LogP contribution >= 0.6 is 50.9 Å². The van der Waals surface area contributed by atoms with Crippen LogP contribution in [0.3, 0.4) is 0 Å². The van der Waals surface area contributed by atoms with Gasteiger partial charge in [0.15, 0.2) is 0 Å². The van der Waals surface area contributed by atoms with Crippen molar-refractivity contribution in [3.8, 4) is 0 Å². The normalized spacial score (nSPS) is 10.9. The number of anilines is 1. The molecule has 1 N–H and O–H groups in total. The first kappa shape index (κ1) is 14.1. The van der Waals surface area contributed by atoms with E-state index in [0.717, 1.165) is 27.5 Å². The Morgan fingerprint density at radius 1 is 1.10 bits per heavy atom. The Balaban J connectivity index is 1.95. The minimum absolute atomic E-state index is 0.519. The lowest BCUT2D eigenvalue weighted by Gasteiger charge is -2.10. The topological polar surface area (TPSA) is 37.8 Å². The molecule has 1 heterocycles. The number of nitrogens with zero attached hydrogens (tertiary/aromatic N) is 2. The minimum atomic E-state index is 0.519. The summed E-state index contributed by atoms with van der Waals surface area (Å²) >= 11 is 17.0. The summed E-state index contributed by atoms with van der Waals surface area (Å²) in [7, 11) is 0. The molecule has 1 aromatic heterocycles. The van der Waals surface area contributed by atoms with Crippen molar-refractivity contribution >= 4 is 67.6 Å². The highest BCUT2D eigenvalue weighted by molar-refractivity contribution is 9.10. The molecule has 0 saturated heterocycles. The van der Waals surface area contributed by atoms with Gasteiger partial charge in [-0.2, -0.15) is 8.75 Å². The van der Waals surface area contributed by atoms with Crippen molar-refractivity contribution < 1.29 is 0 Å². The standard InChI is InChI=1S/C13H8BrCl2N3S/c14-8-4-2-1-3-7(8)6-17-11-9(15)5-10(16)12-13(11)19-20-18-12/h1-5,17H,6H2. The first-order chi connectivity index (χ1) is 9.66. The van der Waals surface area contributed by atoms with Crippen LogP contribution in [0.2, 0.25) is 10.0 Å². The minimum Gasteiger partial charge on any atom is -0.378 e. The molecule has 0 saturated carbocycles. The van der Waals surface area contributed by atoms with Gasteiger partial charge in [-0.25, -0.2) is 0 Å². The molecule has 0 atom stereocenters. The van der Waals surface area contributed by atoms with E-state index >= 15 is 0 Å². The summed E-state index contributed by atoms with van der Waals surface area (Å²) in [5.74, 6) is 0. The third kappa shape index (κ3) is 2.63. The lowest BCUT2D eigenvalue weighted by atomic mass is 10.2. The van der Waals surface area contributed by atoms with E-state index in [1.807, 2.05) is 24.3 Å². The average Bonchev–Trinajstić information content (AvgIpc) is 2.90. The number of hydrogen-bond donors (Lipinski definition) is 1. The molecule has 3 aromatic rings. The van der Waals surface area contributed by atoms with Crippen LogP contribution < -0.4 is 5.32 Å². The van der Waals surface area contributed by atoms with Crippen molar-refractivity contribution in [3.63, 3.8) is 0 Å². The van der Waals surface area contributed by atoms with Gasteiger partial charge in [0.2, 0.25) is 0 Å². The van der Waals surface area contributed by atoms with Gasteiger partial charge in [0.25, 0.3) is 0 Å². The molecule has 0 bridgehead atoms. The zero-order valence-electron chi connectivity index (χ0n) is 10.0. The van der Waals surface area contributed by atoms with Crippen molar-refractivity contribution in [2.75, 3.05) is 5.32 Å². The van der Waals surface area contributed by atoms with E-state index < -0.39 is 0 Å². The summed E-state index contributed by atoms with van der Waals surface area (Å²) in [6.07, 6.45) is 0. The monoisotopic (exact) mass is 387 g/mol. The van der Waals surface area contributed by atoms with Crippen molar-refractivity contribution in [3.05, 3.63) is 50.4 Å². The second-order valence-electron chi connectivity index (χ2n) is 4.12. The van der Waals surface area contributed by atoms with Gasteiger partial charge in [0.05, 0.1) is 27.5 Å².